The number of phenolic OH excluding ortho intramolecular Hbond substituents is 1. The van der Waals surface area contributed by atoms with Gasteiger partial charge >= 0.3 is 5.97 Å². The molecule has 0 aliphatic rings. The molecule has 1 aromatic rings. The van der Waals surface area contributed by atoms with Crippen LogP contribution in [0.2, 0.25) is 0 Å². The average Bonchev–Trinajstić information content (AvgIpc) is 2.50. The molecule has 0 aliphatic carbocycles. The van der Waals surface area contributed by atoms with Crippen molar-refractivity contribution >= 4 is 5.97 Å². The SMILES string of the molecule is CCCOCCOCCOC(=O)c1ccc(O)c(OC)c1. The quantitative estimate of drug-likeness (QED) is 0.526. The lowest BCUT2D eigenvalue weighted by molar-refractivity contribution is 0.0147. The summed E-state index contributed by atoms with van der Waals surface area (Å²) >= 11 is 0. The van der Waals surface area contributed by atoms with Crippen LogP contribution in [0.5, 0.6) is 11.5 Å². The van der Waals surface area contributed by atoms with Crippen molar-refractivity contribution in [1.82, 2.24) is 0 Å². The second kappa shape index (κ2) is 10.0. The number of hydrogen-bond donors (Lipinski definition) is 1. The van der Waals surface area contributed by atoms with Gasteiger partial charge in [0, 0.05) is 6.61 Å². The molecule has 0 aliphatic heterocycles. The molecule has 0 unspecified atom stereocenters. The van der Waals surface area contributed by atoms with E-state index in [1.54, 1.807) is 0 Å². The van der Waals surface area contributed by atoms with E-state index in [9.17, 15) is 9.90 Å². The molecule has 0 radical (unpaired) electrons. The van der Waals surface area contributed by atoms with Gasteiger partial charge in [0.05, 0.1) is 32.5 Å². The molecule has 1 aromatic carbocycles. The maximum Gasteiger partial charge on any atom is 0.338 e. The lowest BCUT2D eigenvalue weighted by Gasteiger charge is -2.08. The van der Waals surface area contributed by atoms with Gasteiger partial charge in [-0.15, -0.1) is 0 Å². The summed E-state index contributed by atoms with van der Waals surface area (Å²) in [4.78, 5) is 11.8. The number of benzene rings is 1. The summed E-state index contributed by atoms with van der Waals surface area (Å²) in [5.74, 6) is -0.280. The predicted molar refractivity (Wildman–Crippen MR) is 76.9 cm³/mol. The molecule has 6 heteroatoms. The Morgan fingerprint density at radius 1 is 1.10 bits per heavy atom. The van der Waals surface area contributed by atoms with Crippen molar-refractivity contribution < 1.29 is 28.8 Å². The third-order valence-corrected chi connectivity index (χ3v) is 2.60. The van der Waals surface area contributed by atoms with Crippen molar-refractivity contribution in [2.45, 2.75) is 13.3 Å². The first kappa shape index (κ1) is 17.3. The van der Waals surface area contributed by atoms with Gasteiger partial charge in [-0.3, -0.25) is 0 Å². The van der Waals surface area contributed by atoms with E-state index in [-0.39, 0.29) is 18.1 Å². The summed E-state index contributed by atoms with van der Waals surface area (Å²) < 4.78 is 20.5. The summed E-state index contributed by atoms with van der Waals surface area (Å²) in [6.45, 7) is 4.26. The number of esters is 1. The van der Waals surface area contributed by atoms with Crippen LogP contribution in [0, 0.1) is 0 Å². The molecule has 0 atom stereocenters. The minimum absolute atomic E-state index is 0.0236. The zero-order valence-electron chi connectivity index (χ0n) is 12.5. The lowest BCUT2D eigenvalue weighted by atomic mass is 10.2. The summed E-state index contributed by atoms with van der Waals surface area (Å²) in [6, 6.07) is 4.29. The second-order valence-corrected chi connectivity index (χ2v) is 4.25. The van der Waals surface area contributed by atoms with E-state index in [0.29, 0.717) is 25.4 Å². The predicted octanol–water partition coefficient (Wildman–Crippen LogP) is 2.00. The zero-order chi connectivity index (χ0) is 15.5. The number of carbonyl (C=O) groups is 1. The van der Waals surface area contributed by atoms with Crippen LogP contribution >= 0.6 is 0 Å². The Labute approximate surface area is 124 Å². The Morgan fingerprint density at radius 2 is 1.76 bits per heavy atom. The molecule has 0 amide bonds. The van der Waals surface area contributed by atoms with E-state index in [1.165, 1.54) is 25.3 Å². The Morgan fingerprint density at radius 3 is 2.43 bits per heavy atom. The summed E-state index contributed by atoms with van der Waals surface area (Å²) in [7, 11) is 1.42. The Kier molecular flexibility index (Phi) is 8.23. The molecule has 21 heavy (non-hydrogen) atoms. The van der Waals surface area contributed by atoms with Crippen LogP contribution in [-0.2, 0) is 14.2 Å². The highest BCUT2D eigenvalue weighted by Gasteiger charge is 2.10. The number of rotatable bonds is 10. The molecule has 0 bridgehead atoms. The van der Waals surface area contributed by atoms with Crippen LogP contribution in [0.25, 0.3) is 0 Å². The van der Waals surface area contributed by atoms with Crippen molar-refractivity contribution in [3.05, 3.63) is 23.8 Å². The average molecular weight is 298 g/mol. The highest BCUT2D eigenvalue weighted by Crippen LogP contribution is 2.26. The fourth-order valence-electron chi connectivity index (χ4n) is 1.55. The van der Waals surface area contributed by atoms with Gasteiger partial charge in [0.1, 0.15) is 6.61 Å². The number of hydrogen-bond acceptors (Lipinski definition) is 6. The van der Waals surface area contributed by atoms with Gasteiger partial charge < -0.3 is 24.1 Å². The van der Waals surface area contributed by atoms with Crippen LogP contribution in [-0.4, -0.2) is 51.2 Å². The standard InChI is InChI=1S/C15H22O6/c1-3-6-19-7-8-20-9-10-21-15(17)12-4-5-13(16)14(11-12)18-2/h4-5,11,16H,3,6-10H2,1-2H3. The first-order valence-electron chi connectivity index (χ1n) is 6.88. The largest absolute Gasteiger partial charge is 0.504 e. The minimum Gasteiger partial charge on any atom is -0.504 e. The van der Waals surface area contributed by atoms with Gasteiger partial charge in [0.15, 0.2) is 11.5 Å². The summed E-state index contributed by atoms with van der Waals surface area (Å²) in [6.07, 6.45) is 0.980. The molecule has 1 rings (SSSR count). The molecule has 6 nitrogen and oxygen atoms in total. The number of methoxy groups -OCH3 is 1. The topological polar surface area (TPSA) is 74.2 Å². The molecule has 1 N–H and O–H groups in total. The van der Waals surface area contributed by atoms with E-state index in [4.69, 9.17) is 18.9 Å². The zero-order valence-corrected chi connectivity index (χ0v) is 12.5. The fraction of sp³-hybridized carbons (Fsp3) is 0.533. The van der Waals surface area contributed by atoms with Crippen LogP contribution in [0.3, 0.4) is 0 Å². The molecule has 0 fully saturated rings. The number of ether oxygens (including phenoxy) is 4. The summed E-state index contributed by atoms with van der Waals surface area (Å²) in [5.41, 5.74) is 0.316. The van der Waals surface area contributed by atoms with Gasteiger partial charge in [-0.25, -0.2) is 4.79 Å². The van der Waals surface area contributed by atoms with Gasteiger partial charge in [-0.05, 0) is 24.6 Å². The number of aromatic hydroxyl groups is 1. The van der Waals surface area contributed by atoms with Gasteiger partial charge in [-0.2, -0.15) is 0 Å². The third kappa shape index (κ3) is 6.46. The van der Waals surface area contributed by atoms with E-state index in [1.807, 2.05) is 6.92 Å². The van der Waals surface area contributed by atoms with E-state index in [0.717, 1.165) is 13.0 Å². The first-order chi connectivity index (χ1) is 10.2. The van der Waals surface area contributed by atoms with Crippen LogP contribution in [0.1, 0.15) is 23.7 Å². The Hall–Kier alpha value is -1.79. The van der Waals surface area contributed by atoms with Crippen LogP contribution < -0.4 is 4.74 Å². The fourth-order valence-corrected chi connectivity index (χ4v) is 1.55. The highest BCUT2D eigenvalue weighted by molar-refractivity contribution is 5.90. The van der Waals surface area contributed by atoms with E-state index < -0.39 is 5.97 Å². The maximum absolute atomic E-state index is 11.8. The van der Waals surface area contributed by atoms with Crippen molar-refractivity contribution in [2.75, 3.05) is 40.1 Å². The molecular formula is C15H22O6. The van der Waals surface area contributed by atoms with Gasteiger partial charge in [0.2, 0.25) is 0 Å². The number of carbonyl (C=O) groups excluding carboxylic acids is 1. The Bertz CT molecular complexity index is 432. The smallest absolute Gasteiger partial charge is 0.338 e. The normalized spacial score (nSPS) is 10.4. The maximum atomic E-state index is 11.8. The van der Waals surface area contributed by atoms with E-state index in [2.05, 4.69) is 0 Å². The van der Waals surface area contributed by atoms with Crippen molar-refractivity contribution in [3.8, 4) is 11.5 Å². The van der Waals surface area contributed by atoms with Gasteiger partial charge in [0.25, 0.3) is 0 Å². The molecule has 0 saturated carbocycles. The molecular weight excluding hydrogens is 276 g/mol. The number of phenols is 1. The minimum atomic E-state index is -0.487. The van der Waals surface area contributed by atoms with Crippen molar-refractivity contribution in [3.63, 3.8) is 0 Å². The molecule has 0 spiro atoms. The van der Waals surface area contributed by atoms with Crippen molar-refractivity contribution in [2.24, 2.45) is 0 Å². The molecule has 0 saturated heterocycles. The van der Waals surface area contributed by atoms with E-state index >= 15 is 0 Å². The first-order valence-corrected chi connectivity index (χ1v) is 6.88. The van der Waals surface area contributed by atoms with Gasteiger partial charge in [-0.1, -0.05) is 6.92 Å². The van der Waals surface area contributed by atoms with Crippen molar-refractivity contribution in [1.29, 1.82) is 0 Å². The summed E-state index contributed by atoms with van der Waals surface area (Å²) in [5, 5.41) is 9.44. The lowest BCUT2D eigenvalue weighted by Crippen LogP contribution is -2.13. The van der Waals surface area contributed by atoms with Crippen LogP contribution in [0.4, 0.5) is 0 Å². The molecule has 0 heterocycles. The second-order valence-electron chi connectivity index (χ2n) is 4.25. The third-order valence-electron chi connectivity index (χ3n) is 2.60. The molecule has 118 valence electrons. The Balaban J connectivity index is 2.22. The monoisotopic (exact) mass is 298 g/mol. The van der Waals surface area contributed by atoms with Crippen LogP contribution in [0.15, 0.2) is 18.2 Å². The molecule has 0 aromatic heterocycles. The highest BCUT2D eigenvalue weighted by atomic mass is 16.6.